The zero-order valence-corrected chi connectivity index (χ0v) is 27.9. The SMILES string of the molecule is Cc1cc(C)c(-c2cc(C)c(F)c([C@H](CC(=O)O)NC(=O)C(CC(C)C)n3cc(CCN(C)C)c(C(F)(F)F)c(F)c3=O)c2)c(C)c1. The number of hydrogen-bond donors (Lipinski definition) is 2. The van der Waals surface area contributed by atoms with Crippen LogP contribution in [0.2, 0.25) is 0 Å². The van der Waals surface area contributed by atoms with E-state index in [1.165, 1.54) is 13.0 Å². The van der Waals surface area contributed by atoms with Crippen LogP contribution in [0.25, 0.3) is 11.1 Å². The Balaban J connectivity index is 2.19. The van der Waals surface area contributed by atoms with Crippen molar-refractivity contribution in [3.63, 3.8) is 0 Å². The number of rotatable bonds is 12. The molecule has 1 aromatic heterocycles. The third kappa shape index (κ3) is 8.85. The summed E-state index contributed by atoms with van der Waals surface area (Å²) in [7, 11) is 3.24. The molecule has 47 heavy (non-hydrogen) atoms. The molecule has 12 heteroatoms. The first-order valence-electron chi connectivity index (χ1n) is 15.3. The summed E-state index contributed by atoms with van der Waals surface area (Å²) in [4.78, 5) is 40.6. The van der Waals surface area contributed by atoms with Crippen LogP contribution >= 0.6 is 0 Å². The molecule has 0 saturated heterocycles. The van der Waals surface area contributed by atoms with E-state index in [0.717, 1.165) is 28.5 Å². The molecule has 0 aliphatic heterocycles. The Bertz CT molecular complexity index is 1690. The number of aromatic nitrogens is 1. The molecule has 0 spiro atoms. The maximum atomic E-state index is 15.8. The van der Waals surface area contributed by atoms with Gasteiger partial charge in [-0.05, 0) is 106 Å². The predicted octanol–water partition coefficient (Wildman–Crippen LogP) is 7.07. The van der Waals surface area contributed by atoms with E-state index in [9.17, 15) is 32.7 Å². The minimum Gasteiger partial charge on any atom is -0.481 e. The molecule has 2 N–H and O–H groups in total. The Kier molecular flexibility index (Phi) is 11.8. The maximum Gasteiger partial charge on any atom is 0.419 e. The molecule has 3 rings (SSSR count). The number of carboxylic acid groups (broad SMARTS) is 1. The smallest absolute Gasteiger partial charge is 0.419 e. The Hall–Kier alpha value is -4.06. The number of likely N-dealkylation sites (N-methyl/N-ethyl adjacent to an activating group) is 1. The fraction of sp³-hybridized carbons (Fsp3) is 0.457. The third-order valence-electron chi connectivity index (χ3n) is 8.02. The topological polar surface area (TPSA) is 91.6 Å². The van der Waals surface area contributed by atoms with Gasteiger partial charge in [0.25, 0.3) is 5.56 Å². The molecule has 2 atom stereocenters. The lowest BCUT2D eigenvalue weighted by molar-refractivity contribution is -0.141. The number of aryl methyl sites for hydroxylation is 4. The zero-order chi connectivity index (χ0) is 35.5. The fourth-order valence-electron chi connectivity index (χ4n) is 6.03. The summed E-state index contributed by atoms with van der Waals surface area (Å²) in [5.74, 6) is -5.40. The maximum absolute atomic E-state index is 15.8. The van der Waals surface area contributed by atoms with Gasteiger partial charge < -0.3 is 19.9 Å². The van der Waals surface area contributed by atoms with E-state index in [1.807, 2.05) is 32.9 Å². The molecule has 1 amide bonds. The summed E-state index contributed by atoms with van der Waals surface area (Å²) in [6.07, 6.45) is -5.43. The molecular formula is C35H42F5N3O4. The monoisotopic (exact) mass is 663 g/mol. The number of halogens is 5. The van der Waals surface area contributed by atoms with Gasteiger partial charge >= 0.3 is 12.1 Å². The van der Waals surface area contributed by atoms with Gasteiger partial charge in [-0.3, -0.25) is 14.4 Å². The first-order valence-corrected chi connectivity index (χ1v) is 15.3. The Labute approximate surface area is 271 Å². The van der Waals surface area contributed by atoms with Crippen molar-refractivity contribution in [3.8, 4) is 11.1 Å². The largest absolute Gasteiger partial charge is 0.481 e. The normalized spacial score (nSPS) is 13.3. The first kappa shape index (κ1) is 37.4. The van der Waals surface area contributed by atoms with Gasteiger partial charge in [-0.25, -0.2) is 8.78 Å². The number of alkyl halides is 3. The summed E-state index contributed by atoms with van der Waals surface area (Å²) in [6, 6.07) is 4.07. The van der Waals surface area contributed by atoms with Crippen LogP contribution in [-0.4, -0.2) is 47.1 Å². The van der Waals surface area contributed by atoms with E-state index >= 15 is 8.78 Å². The van der Waals surface area contributed by atoms with E-state index in [0.29, 0.717) is 10.1 Å². The van der Waals surface area contributed by atoms with Crippen LogP contribution in [0.5, 0.6) is 0 Å². The first-order chi connectivity index (χ1) is 21.7. The van der Waals surface area contributed by atoms with Crippen LogP contribution in [0.4, 0.5) is 22.0 Å². The molecule has 0 bridgehead atoms. The minimum atomic E-state index is -5.17. The van der Waals surface area contributed by atoms with E-state index in [-0.39, 0.29) is 36.4 Å². The molecule has 2 aromatic carbocycles. The van der Waals surface area contributed by atoms with E-state index in [4.69, 9.17) is 0 Å². The molecule has 0 fully saturated rings. The molecule has 0 aliphatic rings. The fourth-order valence-corrected chi connectivity index (χ4v) is 6.03. The Morgan fingerprint density at radius 1 is 0.957 bits per heavy atom. The average molecular weight is 664 g/mol. The second-order valence-corrected chi connectivity index (χ2v) is 12.9. The van der Waals surface area contributed by atoms with E-state index < -0.39 is 64.9 Å². The van der Waals surface area contributed by atoms with Crippen molar-refractivity contribution in [2.45, 2.75) is 79.1 Å². The molecule has 7 nitrogen and oxygen atoms in total. The highest BCUT2D eigenvalue weighted by Crippen LogP contribution is 2.36. The second-order valence-electron chi connectivity index (χ2n) is 12.9. The summed E-state index contributed by atoms with van der Waals surface area (Å²) in [5.41, 5.74) is 0.495. The van der Waals surface area contributed by atoms with Crippen molar-refractivity contribution in [1.29, 1.82) is 0 Å². The van der Waals surface area contributed by atoms with E-state index in [1.54, 1.807) is 38.9 Å². The Morgan fingerprint density at radius 3 is 2.06 bits per heavy atom. The van der Waals surface area contributed by atoms with Gasteiger partial charge in [-0.15, -0.1) is 0 Å². The highest BCUT2D eigenvalue weighted by atomic mass is 19.4. The lowest BCUT2D eigenvalue weighted by Crippen LogP contribution is -2.42. The lowest BCUT2D eigenvalue weighted by Gasteiger charge is -2.27. The molecule has 256 valence electrons. The van der Waals surface area contributed by atoms with Gasteiger partial charge in [0.1, 0.15) is 17.4 Å². The van der Waals surface area contributed by atoms with Crippen LogP contribution in [0.1, 0.15) is 77.7 Å². The number of nitrogens with one attached hydrogen (secondary N) is 1. The molecule has 1 heterocycles. The van der Waals surface area contributed by atoms with Gasteiger partial charge in [0.2, 0.25) is 11.7 Å². The number of pyridine rings is 1. The number of amides is 1. The lowest BCUT2D eigenvalue weighted by atomic mass is 9.89. The summed E-state index contributed by atoms with van der Waals surface area (Å²) < 4.78 is 73.4. The van der Waals surface area contributed by atoms with Gasteiger partial charge in [0, 0.05) is 18.3 Å². The number of carbonyl (C=O) groups is 2. The van der Waals surface area contributed by atoms with Gasteiger partial charge in [0.15, 0.2) is 0 Å². The van der Waals surface area contributed by atoms with Crippen molar-refractivity contribution >= 4 is 11.9 Å². The van der Waals surface area contributed by atoms with Gasteiger partial charge in [-0.1, -0.05) is 31.5 Å². The third-order valence-corrected chi connectivity index (χ3v) is 8.02. The summed E-state index contributed by atoms with van der Waals surface area (Å²) >= 11 is 0. The highest BCUT2D eigenvalue weighted by Gasteiger charge is 2.40. The average Bonchev–Trinajstić information content (AvgIpc) is 2.92. The van der Waals surface area contributed by atoms with Crippen molar-refractivity contribution in [2.75, 3.05) is 20.6 Å². The Morgan fingerprint density at radius 2 is 1.55 bits per heavy atom. The van der Waals surface area contributed by atoms with Crippen LogP contribution in [-0.2, 0) is 22.2 Å². The number of aliphatic carboxylic acids is 1. The van der Waals surface area contributed by atoms with Crippen LogP contribution in [0.3, 0.4) is 0 Å². The number of hydrogen-bond acceptors (Lipinski definition) is 4. The molecule has 3 aromatic rings. The van der Waals surface area contributed by atoms with Crippen LogP contribution in [0, 0.1) is 45.2 Å². The molecular weight excluding hydrogens is 621 g/mol. The number of carbonyl (C=O) groups excluding carboxylic acids is 1. The minimum absolute atomic E-state index is 0.0946. The van der Waals surface area contributed by atoms with Crippen LogP contribution in [0.15, 0.2) is 35.3 Å². The molecule has 1 unspecified atom stereocenters. The van der Waals surface area contributed by atoms with Gasteiger partial charge in [-0.2, -0.15) is 13.2 Å². The number of carboxylic acids is 1. The van der Waals surface area contributed by atoms with Crippen molar-refractivity contribution in [1.82, 2.24) is 14.8 Å². The summed E-state index contributed by atoms with van der Waals surface area (Å²) in [6.45, 7) is 10.7. The zero-order valence-electron chi connectivity index (χ0n) is 27.9. The van der Waals surface area contributed by atoms with Crippen molar-refractivity contribution in [3.05, 3.63) is 91.4 Å². The quantitative estimate of drug-likeness (QED) is 0.202. The molecule has 0 saturated carbocycles. The molecule has 0 aliphatic carbocycles. The predicted molar refractivity (Wildman–Crippen MR) is 170 cm³/mol. The summed E-state index contributed by atoms with van der Waals surface area (Å²) in [5, 5.41) is 12.3. The van der Waals surface area contributed by atoms with Crippen molar-refractivity contribution < 1.29 is 36.6 Å². The van der Waals surface area contributed by atoms with Crippen molar-refractivity contribution in [2.24, 2.45) is 5.92 Å². The molecule has 0 radical (unpaired) electrons. The highest BCUT2D eigenvalue weighted by molar-refractivity contribution is 5.82. The standard InChI is InChI=1S/C35H42F5N3O4/c1-18(2)11-27(43-17-23(9-10-42(7)8)30(35(38,39)40)32(37)34(43)47)33(46)41-26(16-28(44)45)25-15-24(14-22(6)31(25)36)29-20(4)12-19(3)13-21(29)5/h12-15,17-18,26-27H,9-11,16H2,1-8H3,(H,41,46)(H,44,45)/t26-,27?/m0/s1. The number of nitrogens with zero attached hydrogens (tertiary/aromatic N) is 2. The number of benzene rings is 2. The van der Waals surface area contributed by atoms with Gasteiger partial charge in [0.05, 0.1) is 12.5 Å². The van der Waals surface area contributed by atoms with E-state index in [2.05, 4.69) is 5.32 Å². The second kappa shape index (κ2) is 14.8. The van der Waals surface area contributed by atoms with Crippen LogP contribution < -0.4 is 10.9 Å².